The molecule has 0 fully saturated rings. The molecule has 5 heteroatoms. The summed E-state index contributed by atoms with van der Waals surface area (Å²) in [6.07, 6.45) is 0. The van der Waals surface area contributed by atoms with Gasteiger partial charge < -0.3 is 9.73 Å². The van der Waals surface area contributed by atoms with Gasteiger partial charge >= 0.3 is 0 Å². The summed E-state index contributed by atoms with van der Waals surface area (Å²) in [6.45, 7) is 2.04. The van der Waals surface area contributed by atoms with E-state index in [1.54, 1.807) is 0 Å². The zero-order valence-corrected chi connectivity index (χ0v) is 10.3. The molecule has 0 bridgehead atoms. The van der Waals surface area contributed by atoms with Crippen molar-refractivity contribution in [2.24, 2.45) is 0 Å². The van der Waals surface area contributed by atoms with Crippen LogP contribution >= 0.6 is 11.3 Å². The van der Waals surface area contributed by atoms with Crippen molar-refractivity contribution in [2.75, 3.05) is 12.4 Å². The minimum atomic E-state index is 0.772. The monoisotopic (exact) mass is 245 g/mol. The minimum Gasteiger partial charge on any atom is -0.453 e. The fraction of sp³-hybridized carbons (Fsp3) is 0.167. The molecule has 3 rings (SSSR count). The first kappa shape index (κ1) is 10.3. The lowest BCUT2D eigenvalue weighted by molar-refractivity contribution is 0.627. The van der Waals surface area contributed by atoms with Crippen LogP contribution in [0.25, 0.3) is 21.7 Å². The molecule has 0 saturated carbocycles. The van der Waals surface area contributed by atoms with Crippen molar-refractivity contribution < 1.29 is 4.42 Å². The Bertz CT molecular complexity index is 671. The van der Waals surface area contributed by atoms with Crippen LogP contribution in [0.15, 0.2) is 28.7 Å². The predicted octanol–water partition coefficient (Wildman–Crippen LogP) is 3.30. The molecule has 0 atom stereocenters. The van der Waals surface area contributed by atoms with Gasteiger partial charge in [0, 0.05) is 12.4 Å². The summed E-state index contributed by atoms with van der Waals surface area (Å²) in [4.78, 5) is 0. The highest BCUT2D eigenvalue weighted by Crippen LogP contribution is 2.32. The maximum absolute atomic E-state index is 5.82. The topological polar surface area (TPSA) is 51.0 Å². The van der Waals surface area contributed by atoms with Gasteiger partial charge in [0.1, 0.15) is 5.58 Å². The van der Waals surface area contributed by atoms with Gasteiger partial charge in [-0.25, -0.2) is 0 Å². The number of benzene rings is 1. The Morgan fingerprint density at radius 3 is 2.88 bits per heavy atom. The summed E-state index contributed by atoms with van der Waals surface area (Å²) in [5.41, 5.74) is 2.05. The summed E-state index contributed by atoms with van der Waals surface area (Å²) < 4.78 is 5.82. The van der Waals surface area contributed by atoms with Gasteiger partial charge in [-0.1, -0.05) is 29.5 Å². The number of furan rings is 1. The van der Waals surface area contributed by atoms with Gasteiger partial charge in [-0.3, -0.25) is 0 Å². The molecule has 3 aromatic rings. The van der Waals surface area contributed by atoms with Gasteiger partial charge in [-0.05, 0) is 18.6 Å². The highest BCUT2D eigenvalue weighted by Gasteiger charge is 2.12. The van der Waals surface area contributed by atoms with E-state index in [0.717, 1.165) is 32.4 Å². The Kier molecular flexibility index (Phi) is 2.33. The lowest BCUT2D eigenvalue weighted by Gasteiger charge is -1.91. The van der Waals surface area contributed by atoms with E-state index in [1.165, 1.54) is 11.3 Å². The van der Waals surface area contributed by atoms with E-state index in [-0.39, 0.29) is 0 Å². The lowest BCUT2D eigenvalue weighted by Crippen LogP contribution is -1.84. The van der Waals surface area contributed by atoms with Crippen LogP contribution in [0.4, 0.5) is 5.13 Å². The van der Waals surface area contributed by atoms with Crippen molar-refractivity contribution in [3.63, 3.8) is 0 Å². The van der Waals surface area contributed by atoms with Gasteiger partial charge in [0.05, 0.1) is 0 Å². The molecule has 0 amide bonds. The van der Waals surface area contributed by atoms with Crippen LogP contribution in [0.5, 0.6) is 0 Å². The van der Waals surface area contributed by atoms with Crippen LogP contribution in [0.2, 0.25) is 0 Å². The molecule has 0 unspecified atom stereocenters. The van der Waals surface area contributed by atoms with E-state index >= 15 is 0 Å². The zero-order valence-electron chi connectivity index (χ0n) is 9.52. The second-order valence-electron chi connectivity index (χ2n) is 3.77. The van der Waals surface area contributed by atoms with E-state index in [1.807, 2.05) is 38.2 Å². The average molecular weight is 245 g/mol. The van der Waals surface area contributed by atoms with Crippen molar-refractivity contribution in [3.05, 3.63) is 29.8 Å². The number of aromatic nitrogens is 2. The molecule has 0 aliphatic carbocycles. The normalized spacial score (nSPS) is 10.9. The molecular weight excluding hydrogens is 234 g/mol. The molecule has 0 aliphatic rings. The molecule has 0 radical (unpaired) electrons. The maximum atomic E-state index is 5.82. The van der Waals surface area contributed by atoms with Crippen LogP contribution < -0.4 is 5.32 Å². The van der Waals surface area contributed by atoms with E-state index in [2.05, 4.69) is 15.5 Å². The lowest BCUT2D eigenvalue weighted by atomic mass is 10.2. The standard InChI is InChI=1S/C12H11N3OS/c1-7-4-3-5-8-6-9(16-10(7)8)11-14-15-12(13-2)17-11/h3-6H,1-2H3,(H,13,15). The molecule has 1 N–H and O–H groups in total. The Morgan fingerprint density at radius 1 is 1.29 bits per heavy atom. The number of fused-ring (bicyclic) bond motifs is 1. The third kappa shape index (κ3) is 1.68. The molecule has 0 spiro atoms. The second-order valence-corrected chi connectivity index (χ2v) is 4.74. The van der Waals surface area contributed by atoms with Crippen LogP contribution in [0.3, 0.4) is 0 Å². The number of para-hydroxylation sites is 1. The molecule has 2 aromatic heterocycles. The van der Waals surface area contributed by atoms with Gasteiger partial charge in [-0.2, -0.15) is 0 Å². The maximum Gasteiger partial charge on any atom is 0.205 e. The third-order valence-corrected chi connectivity index (χ3v) is 3.55. The summed E-state index contributed by atoms with van der Waals surface area (Å²) in [5, 5.41) is 13.7. The van der Waals surface area contributed by atoms with Crippen LogP contribution in [0, 0.1) is 6.92 Å². The van der Waals surface area contributed by atoms with Crippen LogP contribution in [0.1, 0.15) is 5.56 Å². The van der Waals surface area contributed by atoms with Crippen molar-refractivity contribution in [1.29, 1.82) is 0 Å². The zero-order chi connectivity index (χ0) is 11.8. The number of rotatable bonds is 2. The Hall–Kier alpha value is -1.88. The molecule has 0 aliphatic heterocycles. The smallest absolute Gasteiger partial charge is 0.205 e. The Morgan fingerprint density at radius 2 is 2.18 bits per heavy atom. The molecular formula is C12H11N3OS. The number of nitrogens with one attached hydrogen (secondary N) is 1. The second kappa shape index (κ2) is 3.85. The van der Waals surface area contributed by atoms with E-state index < -0.39 is 0 Å². The minimum absolute atomic E-state index is 0.772. The van der Waals surface area contributed by atoms with Crippen LogP contribution in [-0.4, -0.2) is 17.2 Å². The number of hydrogen-bond donors (Lipinski definition) is 1. The van der Waals surface area contributed by atoms with E-state index in [4.69, 9.17) is 4.42 Å². The molecule has 86 valence electrons. The Balaban J connectivity index is 2.14. The molecule has 0 saturated heterocycles. The fourth-order valence-electron chi connectivity index (χ4n) is 1.74. The first-order valence-electron chi connectivity index (χ1n) is 5.29. The SMILES string of the molecule is CNc1nnc(-c2cc3cccc(C)c3o2)s1. The van der Waals surface area contributed by atoms with Gasteiger partial charge in [0.15, 0.2) is 10.8 Å². The summed E-state index contributed by atoms with van der Waals surface area (Å²) in [7, 11) is 1.83. The largest absolute Gasteiger partial charge is 0.453 e. The molecule has 1 aromatic carbocycles. The van der Waals surface area contributed by atoms with Gasteiger partial charge in [0.25, 0.3) is 0 Å². The first-order valence-corrected chi connectivity index (χ1v) is 6.10. The quantitative estimate of drug-likeness (QED) is 0.752. The number of aryl methyl sites for hydroxylation is 1. The van der Waals surface area contributed by atoms with Crippen molar-refractivity contribution in [3.8, 4) is 10.8 Å². The molecule has 4 nitrogen and oxygen atoms in total. The van der Waals surface area contributed by atoms with Gasteiger partial charge in [0.2, 0.25) is 5.13 Å². The predicted molar refractivity (Wildman–Crippen MR) is 69.4 cm³/mol. The highest BCUT2D eigenvalue weighted by molar-refractivity contribution is 7.18. The van der Waals surface area contributed by atoms with E-state index in [0.29, 0.717) is 0 Å². The highest BCUT2D eigenvalue weighted by atomic mass is 32.1. The first-order chi connectivity index (χ1) is 8.28. The summed E-state index contributed by atoms with van der Waals surface area (Å²) in [5.74, 6) is 0.772. The Labute approximate surface area is 102 Å². The average Bonchev–Trinajstić information content (AvgIpc) is 2.95. The van der Waals surface area contributed by atoms with Crippen molar-refractivity contribution in [2.45, 2.75) is 6.92 Å². The third-order valence-electron chi connectivity index (χ3n) is 2.59. The summed E-state index contributed by atoms with van der Waals surface area (Å²) in [6, 6.07) is 8.10. The fourth-order valence-corrected chi connectivity index (χ4v) is 2.39. The molecule has 17 heavy (non-hydrogen) atoms. The van der Waals surface area contributed by atoms with Crippen molar-refractivity contribution in [1.82, 2.24) is 10.2 Å². The van der Waals surface area contributed by atoms with Crippen molar-refractivity contribution >= 4 is 27.4 Å². The number of anilines is 1. The van der Waals surface area contributed by atoms with Gasteiger partial charge in [-0.15, -0.1) is 10.2 Å². The number of hydrogen-bond acceptors (Lipinski definition) is 5. The molecule has 2 heterocycles. The number of nitrogens with zero attached hydrogens (tertiary/aromatic N) is 2. The van der Waals surface area contributed by atoms with E-state index in [9.17, 15) is 0 Å². The van der Waals surface area contributed by atoms with Crippen LogP contribution in [-0.2, 0) is 0 Å². The summed E-state index contributed by atoms with van der Waals surface area (Å²) >= 11 is 1.48.